The zero-order chi connectivity index (χ0) is 19.3. The molecule has 1 saturated carbocycles. The third-order valence-electron chi connectivity index (χ3n) is 4.77. The Hall–Kier alpha value is -3.26. The summed E-state index contributed by atoms with van der Waals surface area (Å²) >= 11 is 0. The number of anilines is 2. The molecule has 4 rings (SSSR count). The summed E-state index contributed by atoms with van der Waals surface area (Å²) in [4.78, 5) is 20.3. The molecule has 1 unspecified atom stereocenters. The first-order valence-corrected chi connectivity index (χ1v) is 9.38. The molecule has 0 spiro atoms. The lowest BCUT2D eigenvalue weighted by Crippen LogP contribution is -2.28. The van der Waals surface area contributed by atoms with Crippen LogP contribution in [0.1, 0.15) is 34.9 Å². The van der Waals surface area contributed by atoms with Gasteiger partial charge in [-0.15, -0.1) is 0 Å². The number of nitrogens with one attached hydrogen (secondary N) is 2. The summed E-state index contributed by atoms with van der Waals surface area (Å²) in [6, 6.07) is 10.2. The topological polar surface area (TPSA) is 111 Å². The lowest BCUT2D eigenvalue weighted by molar-refractivity contribution is 0.102. The van der Waals surface area contributed by atoms with Crippen LogP contribution < -0.4 is 16.4 Å². The van der Waals surface area contributed by atoms with Gasteiger partial charge in [0.05, 0.1) is 17.9 Å². The molecule has 0 bridgehead atoms. The van der Waals surface area contributed by atoms with E-state index in [2.05, 4.69) is 37.8 Å². The van der Waals surface area contributed by atoms with Crippen LogP contribution in [0.5, 0.6) is 0 Å². The first kappa shape index (κ1) is 18.1. The number of nitrogen functional groups attached to an aromatic ring is 1. The molecule has 1 aliphatic rings. The molecule has 8 heteroatoms. The van der Waals surface area contributed by atoms with Gasteiger partial charge in [-0.2, -0.15) is 5.10 Å². The van der Waals surface area contributed by atoms with Gasteiger partial charge in [-0.1, -0.05) is 30.3 Å². The van der Waals surface area contributed by atoms with E-state index in [4.69, 9.17) is 5.73 Å². The molecule has 2 heterocycles. The van der Waals surface area contributed by atoms with E-state index in [1.54, 1.807) is 6.20 Å². The first-order chi connectivity index (χ1) is 13.7. The number of nitrogens with zero attached hydrogens (tertiary/aromatic N) is 4. The molecular weight excluding hydrogens is 354 g/mol. The number of nitrogens with two attached hydrogens (primary N) is 1. The van der Waals surface area contributed by atoms with Gasteiger partial charge in [-0.05, 0) is 30.9 Å². The summed E-state index contributed by atoms with van der Waals surface area (Å²) in [5.74, 6) is 0.494. The molecule has 0 aliphatic heterocycles. The highest BCUT2D eigenvalue weighted by Crippen LogP contribution is 2.28. The fourth-order valence-corrected chi connectivity index (χ4v) is 3.07. The van der Waals surface area contributed by atoms with Gasteiger partial charge in [0.1, 0.15) is 0 Å². The Morgan fingerprint density at radius 2 is 2.00 bits per heavy atom. The maximum atomic E-state index is 12.4. The molecule has 1 amide bonds. The molecule has 0 saturated heterocycles. The molecule has 8 nitrogen and oxygen atoms in total. The number of aromatic nitrogens is 4. The number of amides is 1. The Morgan fingerprint density at radius 3 is 2.75 bits per heavy atom. The molecule has 0 radical (unpaired) electrons. The summed E-state index contributed by atoms with van der Waals surface area (Å²) < 4.78 is 1.87. The number of benzene rings is 1. The van der Waals surface area contributed by atoms with Crippen LogP contribution in [0.2, 0.25) is 0 Å². The minimum Gasteiger partial charge on any atom is -0.382 e. The Kier molecular flexibility index (Phi) is 5.29. The average molecular weight is 377 g/mol. The van der Waals surface area contributed by atoms with Gasteiger partial charge in [0, 0.05) is 25.1 Å². The minimum absolute atomic E-state index is 0.0344. The van der Waals surface area contributed by atoms with Gasteiger partial charge >= 0.3 is 0 Å². The van der Waals surface area contributed by atoms with Crippen molar-refractivity contribution < 1.29 is 4.79 Å². The molecular formula is C20H23N7O. The third kappa shape index (κ3) is 4.34. The van der Waals surface area contributed by atoms with Gasteiger partial charge in [-0.3, -0.25) is 9.48 Å². The number of hydrogen-bond donors (Lipinski definition) is 3. The third-order valence-corrected chi connectivity index (χ3v) is 4.77. The summed E-state index contributed by atoms with van der Waals surface area (Å²) in [7, 11) is 0. The van der Waals surface area contributed by atoms with E-state index < -0.39 is 5.91 Å². The van der Waals surface area contributed by atoms with Crippen LogP contribution in [0.25, 0.3) is 0 Å². The first-order valence-electron chi connectivity index (χ1n) is 9.38. The van der Waals surface area contributed by atoms with E-state index in [1.807, 2.05) is 29.1 Å². The smallest absolute Gasteiger partial charge is 0.278 e. The highest BCUT2D eigenvalue weighted by molar-refractivity contribution is 6.05. The molecule has 144 valence electrons. The highest BCUT2D eigenvalue weighted by Gasteiger charge is 2.22. The zero-order valence-electron chi connectivity index (χ0n) is 15.5. The number of carbonyl (C=O) groups excluding carboxylic acids is 1. The quantitative estimate of drug-likeness (QED) is 0.554. The van der Waals surface area contributed by atoms with Gasteiger partial charge in [0.25, 0.3) is 5.91 Å². The second-order valence-electron chi connectivity index (χ2n) is 6.98. The molecule has 3 aromatic rings. The average Bonchev–Trinajstić information content (AvgIpc) is 3.43. The summed E-state index contributed by atoms with van der Waals surface area (Å²) in [5.41, 5.74) is 7.56. The van der Waals surface area contributed by atoms with Crippen molar-refractivity contribution >= 4 is 17.4 Å². The molecule has 1 aromatic carbocycles. The van der Waals surface area contributed by atoms with Crippen molar-refractivity contribution in [2.45, 2.75) is 18.9 Å². The van der Waals surface area contributed by atoms with E-state index in [1.165, 1.54) is 25.2 Å². The maximum Gasteiger partial charge on any atom is 0.278 e. The summed E-state index contributed by atoms with van der Waals surface area (Å²) in [5, 5.41) is 10.8. The second kappa shape index (κ2) is 8.18. The molecule has 1 atom stereocenters. The van der Waals surface area contributed by atoms with Crippen molar-refractivity contribution in [3.63, 3.8) is 0 Å². The van der Waals surface area contributed by atoms with Crippen LogP contribution in [-0.2, 0) is 0 Å². The zero-order valence-corrected chi connectivity index (χ0v) is 15.5. The Morgan fingerprint density at radius 1 is 1.21 bits per heavy atom. The van der Waals surface area contributed by atoms with E-state index in [0.717, 1.165) is 24.6 Å². The van der Waals surface area contributed by atoms with Crippen LogP contribution in [0.3, 0.4) is 0 Å². The predicted octanol–water partition coefficient (Wildman–Crippen LogP) is 2.10. The maximum absolute atomic E-state index is 12.4. The van der Waals surface area contributed by atoms with E-state index in [-0.39, 0.29) is 17.6 Å². The van der Waals surface area contributed by atoms with Crippen molar-refractivity contribution in [3.05, 3.63) is 66.4 Å². The Labute approximate surface area is 163 Å². The Bertz CT molecular complexity index is 936. The fourth-order valence-electron chi connectivity index (χ4n) is 3.07. The van der Waals surface area contributed by atoms with Crippen LogP contribution in [0, 0.1) is 5.92 Å². The number of carbonyl (C=O) groups is 1. The van der Waals surface area contributed by atoms with Gasteiger partial charge in [0.15, 0.2) is 11.5 Å². The summed E-state index contributed by atoms with van der Waals surface area (Å²) in [6.45, 7) is 1.80. The second-order valence-corrected chi connectivity index (χ2v) is 6.98. The van der Waals surface area contributed by atoms with Gasteiger partial charge in [-0.25, -0.2) is 9.97 Å². The van der Waals surface area contributed by atoms with E-state index >= 15 is 0 Å². The lowest BCUT2D eigenvalue weighted by atomic mass is 10.1. The largest absolute Gasteiger partial charge is 0.382 e. The number of hydrogen-bond acceptors (Lipinski definition) is 6. The van der Waals surface area contributed by atoms with Crippen molar-refractivity contribution in [2.24, 2.45) is 5.92 Å². The highest BCUT2D eigenvalue weighted by atomic mass is 16.1. The van der Waals surface area contributed by atoms with Crippen molar-refractivity contribution in [3.8, 4) is 0 Å². The SMILES string of the molecule is Nc1nccnc1C(=O)Nc1cnn(C(CNCC2CC2)c2ccccc2)c1. The fraction of sp³-hybridized carbons (Fsp3) is 0.300. The van der Waals surface area contributed by atoms with Crippen LogP contribution >= 0.6 is 0 Å². The van der Waals surface area contributed by atoms with Gasteiger partial charge in [0.2, 0.25) is 0 Å². The van der Waals surface area contributed by atoms with Crippen molar-refractivity contribution in [1.82, 2.24) is 25.1 Å². The van der Waals surface area contributed by atoms with Gasteiger partial charge < -0.3 is 16.4 Å². The van der Waals surface area contributed by atoms with Crippen LogP contribution in [-0.4, -0.2) is 38.7 Å². The molecule has 2 aromatic heterocycles. The van der Waals surface area contributed by atoms with Crippen LogP contribution in [0.15, 0.2) is 55.1 Å². The molecule has 4 N–H and O–H groups in total. The molecule has 28 heavy (non-hydrogen) atoms. The van der Waals surface area contributed by atoms with E-state index in [0.29, 0.717) is 5.69 Å². The number of rotatable bonds is 8. The predicted molar refractivity (Wildman–Crippen MR) is 107 cm³/mol. The summed E-state index contributed by atoms with van der Waals surface area (Å²) in [6.07, 6.45) is 8.95. The Balaban J connectivity index is 1.49. The van der Waals surface area contributed by atoms with E-state index in [9.17, 15) is 4.79 Å². The monoisotopic (exact) mass is 377 g/mol. The normalized spacial score (nSPS) is 14.6. The van der Waals surface area contributed by atoms with Crippen LogP contribution in [0.4, 0.5) is 11.5 Å². The van der Waals surface area contributed by atoms with Crippen molar-refractivity contribution in [1.29, 1.82) is 0 Å². The van der Waals surface area contributed by atoms with Crippen molar-refractivity contribution in [2.75, 3.05) is 24.1 Å². The molecule has 1 fully saturated rings. The molecule has 1 aliphatic carbocycles. The lowest BCUT2D eigenvalue weighted by Gasteiger charge is -2.19. The standard InChI is InChI=1S/C20H23N7O/c21-19-18(23-8-9-24-19)20(28)26-16-11-25-27(13-16)17(12-22-10-14-6-7-14)15-4-2-1-3-5-15/h1-5,8-9,11,13-14,17,22H,6-7,10,12H2,(H2,21,24)(H,26,28). The minimum atomic E-state index is -0.409.